The van der Waals surface area contributed by atoms with E-state index in [0.29, 0.717) is 6.07 Å². The fourth-order valence-corrected chi connectivity index (χ4v) is 0.828. The third-order valence-corrected chi connectivity index (χ3v) is 1.63. The summed E-state index contributed by atoms with van der Waals surface area (Å²) in [6, 6.07) is -4.38. The van der Waals surface area contributed by atoms with Gasteiger partial charge in [0.15, 0.2) is 6.17 Å². The SMILES string of the molecule is N#CC1(F)C(F)C=CN(F)C1(F)F. The average molecular weight is 198 g/mol. The van der Waals surface area contributed by atoms with Crippen molar-refractivity contribution in [1.82, 2.24) is 5.12 Å². The van der Waals surface area contributed by atoms with Crippen molar-refractivity contribution in [3.05, 3.63) is 12.3 Å². The standard InChI is InChI=1S/C6H3F5N2/c7-4-1-2-13(11)6(9,10)5(4,8)3-12/h1-2,4H. The average Bonchev–Trinajstić information content (AvgIpc) is 2.09. The first kappa shape index (κ1) is 9.77. The Morgan fingerprint density at radius 1 is 1.38 bits per heavy atom. The lowest BCUT2D eigenvalue weighted by Crippen LogP contribution is -2.58. The zero-order valence-corrected chi connectivity index (χ0v) is 6.02. The molecule has 0 spiro atoms. The summed E-state index contributed by atoms with van der Waals surface area (Å²) in [4.78, 5) is 0. The molecule has 2 atom stereocenters. The van der Waals surface area contributed by atoms with Gasteiger partial charge in [0.2, 0.25) is 0 Å². The highest BCUT2D eigenvalue weighted by Gasteiger charge is 2.66. The molecule has 1 rings (SSSR count). The van der Waals surface area contributed by atoms with E-state index >= 15 is 0 Å². The summed E-state index contributed by atoms with van der Waals surface area (Å²) in [7, 11) is 0. The molecule has 7 heteroatoms. The monoisotopic (exact) mass is 198 g/mol. The quantitative estimate of drug-likeness (QED) is 0.337. The van der Waals surface area contributed by atoms with E-state index < -0.39 is 23.0 Å². The maximum absolute atomic E-state index is 12.9. The van der Waals surface area contributed by atoms with Gasteiger partial charge in [0, 0.05) is 6.20 Å². The molecule has 0 saturated heterocycles. The van der Waals surface area contributed by atoms with Gasteiger partial charge in [-0.2, -0.15) is 14.0 Å². The summed E-state index contributed by atoms with van der Waals surface area (Å²) in [5, 5.41) is 6.67. The largest absolute Gasteiger partial charge is 0.400 e. The normalized spacial score (nSPS) is 37.2. The second-order valence-electron chi connectivity index (χ2n) is 2.42. The van der Waals surface area contributed by atoms with Gasteiger partial charge in [-0.1, -0.05) is 4.48 Å². The Morgan fingerprint density at radius 3 is 2.31 bits per heavy atom. The van der Waals surface area contributed by atoms with E-state index in [0.717, 1.165) is 0 Å². The van der Waals surface area contributed by atoms with Crippen molar-refractivity contribution in [3.63, 3.8) is 0 Å². The Labute approximate surface area is 69.8 Å². The van der Waals surface area contributed by atoms with Gasteiger partial charge >= 0.3 is 11.7 Å². The molecule has 0 bridgehead atoms. The van der Waals surface area contributed by atoms with Crippen LogP contribution in [0.5, 0.6) is 0 Å². The van der Waals surface area contributed by atoms with Crippen LogP contribution in [-0.2, 0) is 0 Å². The van der Waals surface area contributed by atoms with Crippen molar-refractivity contribution in [2.45, 2.75) is 17.9 Å². The molecule has 0 N–H and O–H groups in total. The number of rotatable bonds is 0. The second-order valence-corrected chi connectivity index (χ2v) is 2.42. The summed E-state index contributed by atoms with van der Waals surface area (Å²) in [6.07, 6.45) is -2.60. The minimum atomic E-state index is -4.81. The Hall–Kier alpha value is -1.32. The molecule has 0 aromatic heterocycles. The van der Waals surface area contributed by atoms with Crippen LogP contribution in [0.1, 0.15) is 0 Å². The Balaban J connectivity index is 3.21. The molecular weight excluding hydrogens is 195 g/mol. The lowest BCUT2D eigenvalue weighted by molar-refractivity contribution is -0.278. The summed E-state index contributed by atoms with van der Waals surface area (Å²) in [5.41, 5.74) is -4.18. The zero-order chi connectivity index (χ0) is 10.3. The molecule has 0 aromatic rings. The number of alkyl halides is 4. The fourth-order valence-electron chi connectivity index (χ4n) is 0.828. The van der Waals surface area contributed by atoms with Crippen LogP contribution in [0, 0.1) is 11.3 Å². The lowest BCUT2D eigenvalue weighted by Gasteiger charge is -2.34. The minimum absolute atomic E-state index is 0.0415. The third kappa shape index (κ3) is 1.05. The van der Waals surface area contributed by atoms with Gasteiger partial charge < -0.3 is 0 Å². The first-order chi connectivity index (χ1) is 5.86. The highest BCUT2D eigenvalue weighted by molar-refractivity contribution is 5.22. The van der Waals surface area contributed by atoms with Crippen LogP contribution in [0.15, 0.2) is 12.3 Å². The molecule has 0 radical (unpaired) electrons. The predicted octanol–water partition coefficient (Wildman–Crippen LogP) is 1.86. The Kier molecular flexibility index (Phi) is 1.94. The highest BCUT2D eigenvalue weighted by atomic mass is 19.3. The van der Waals surface area contributed by atoms with Gasteiger partial charge in [0.25, 0.3) is 0 Å². The van der Waals surface area contributed by atoms with Gasteiger partial charge in [-0.05, 0) is 6.08 Å². The molecule has 0 fully saturated rings. The molecule has 1 aliphatic rings. The van der Waals surface area contributed by atoms with Gasteiger partial charge in [-0.15, -0.1) is 5.12 Å². The van der Waals surface area contributed by atoms with Crippen LogP contribution in [0.25, 0.3) is 0 Å². The Bertz CT molecular complexity index is 283. The number of nitrogens with zero attached hydrogens (tertiary/aromatic N) is 2. The van der Waals surface area contributed by atoms with E-state index in [9.17, 15) is 22.0 Å². The van der Waals surface area contributed by atoms with Crippen molar-refractivity contribution in [1.29, 1.82) is 5.26 Å². The highest BCUT2D eigenvalue weighted by Crippen LogP contribution is 2.42. The van der Waals surface area contributed by atoms with Crippen molar-refractivity contribution >= 4 is 0 Å². The van der Waals surface area contributed by atoms with E-state index in [1.54, 1.807) is 0 Å². The molecule has 72 valence electrons. The molecule has 0 aliphatic carbocycles. The summed E-state index contributed by atoms with van der Waals surface area (Å²) in [5.74, 6) is 0. The number of hydrogen-bond acceptors (Lipinski definition) is 2. The van der Waals surface area contributed by atoms with Gasteiger partial charge in [0.05, 0.1) is 0 Å². The van der Waals surface area contributed by atoms with Crippen molar-refractivity contribution in [2.24, 2.45) is 0 Å². The molecular formula is C6H3F5N2. The molecule has 0 amide bonds. The van der Waals surface area contributed by atoms with Gasteiger partial charge in [-0.3, -0.25) is 0 Å². The second kappa shape index (κ2) is 2.58. The number of allylic oxidation sites excluding steroid dienone is 1. The van der Waals surface area contributed by atoms with E-state index in [1.165, 1.54) is 0 Å². The first-order valence-electron chi connectivity index (χ1n) is 3.11. The molecule has 13 heavy (non-hydrogen) atoms. The summed E-state index contributed by atoms with van der Waals surface area (Å²) in [6.45, 7) is 0. The van der Waals surface area contributed by atoms with Crippen LogP contribution in [0.2, 0.25) is 0 Å². The van der Waals surface area contributed by atoms with Crippen molar-refractivity contribution in [3.8, 4) is 6.07 Å². The Morgan fingerprint density at radius 2 is 1.92 bits per heavy atom. The maximum Gasteiger partial charge on any atom is 0.400 e. The number of hydrogen-bond donors (Lipinski definition) is 0. The van der Waals surface area contributed by atoms with E-state index in [1.807, 2.05) is 0 Å². The van der Waals surface area contributed by atoms with Gasteiger partial charge in [0.1, 0.15) is 6.07 Å². The summed E-state index contributed by atoms with van der Waals surface area (Å²) >= 11 is 0. The predicted molar refractivity (Wildman–Crippen MR) is 31.4 cm³/mol. The zero-order valence-electron chi connectivity index (χ0n) is 6.02. The molecule has 2 nitrogen and oxygen atoms in total. The number of nitriles is 1. The van der Waals surface area contributed by atoms with Crippen LogP contribution in [0.4, 0.5) is 22.0 Å². The van der Waals surface area contributed by atoms with E-state index in [4.69, 9.17) is 5.26 Å². The fraction of sp³-hybridized carbons (Fsp3) is 0.500. The van der Waals surface area contributed by atoms with Crippen LogP contribution < -0.4 is 0 Å². The number of halogens is 5. The molecule has 1 heterocycles. The lowest BCUT2D eigenvalue weighted by atomic mass is 9.96. The maximum atomic E-state index is 12.9. The van der Waals surface area contributed by atoms with E-state index in [-0.39, 0.29) is 12.3 Å². The topological polar surface area (TPSA) is 27.0 Å². The smallest absolute Gasteiger partial charge is 0.238 e. The summed E-state index contributed by atoms with van der Waals surface area (Å²) < 4.78 is 62.8. The molecule has 1 aliphatic heterocycles. The van der Waals surface area contributed by atoms with Crippen LogP contribution in [-0.4, -0.2) is 23.0 Å². The molecule has 0 aromatic carbocycles. The first-order valence-corrected chi connectivity index (χ1v) is 3.11. The van der Waals surface area contributed by atoms with Crippen LogP contribution >= 0.6 is 0 Å². The third-order valence-electron chi connectivity index (χ3n) is 1.63. The van der Waals surface area contributed by atoms with Crippen LogP contribution in [0.3, 0.4) is 0 Å². The molecule has 2 unspecified atom stereocenters. The minimum Gasteiger partial charge on any atom is -0.238 e. The van der Waals surface area contributed by atoms with Gasteiger partial charge in [-0.25, -0.2) is 8.78 Å². The molecule has 0 saturated carbocycles. The van der Waals surface area contributed by atoms with Crippen molar-refractivity contribution in [2.75, 3.05) is 0 Å². The van der Waals surface area contributed by atoms with E-state index in [2.05, 4.69) is 0 Å². The van der Waals surface area contributed by atoms with Crippen molar-refractivity contribution < 1.29 is 22.0 Å².